The number of aromatic nitrogens is 3. The van der Waals surface area contributed by atoms with E-state index in [0.29, 0.717) is 0 Å². The molecule has 3 aromatic heterocycles. The van der Waals surface area contributed by atoms with E-state index in [1.54, 1.807) is 17.5 Å². The zero-order valence-corrected chi connectivity index (χ0v) is 12.8. The Bertz CT molecular complexity index is 945. The summed E-state index contributed by atoms with van der Waals surface area (Å²) in [7, 11) is 0. The van der Waals surface area contributed by atoms with Gasteiger partial charge in [0, 0.05) is 29.7 Å². The Morgan fingerprint density at radius 1 is 0.955 bits per heavy atom. The van der Waals surface area contributed by atoms with Crippen molar-refractivity contribution in [2.75, 3.05) is 0 Å². The molecule has 0 aliphatic heterocycles. The van der Waals surface area contributed by atoms with E-state index in [0.717, 1.165) is 27.9 Å². The quantitative estimate of drug-likeness (QED) is 0.537. The van der Waals surface area contributed by atoms with Crippen molar-refractivity contribution in [1.29, 1.82) is 0 Å². The van der Waals surface area contributed by atoms with Crippen LogP contribution >= 0.6 is 11.3 Å². The molecule has 4 aromatic rings. The second kappa shape index (κ2) is 5.31. The Morgan fingerprint density at radius 3 is 2.73 bits per heavy atom. The average molecular weight is 303 g/mol. The molecule has 0 unspecified atom stereocenters. The maximum absolute atomic E-state index is 4.54. The summed E-state index contributed by atoms with van der Waals surface area (Å²) >= 11 is 1.65. The van der Waals surface area contributed by atoms with Gasteiger partial charge in [-0.05, 0) is 48.4 Å². The van der Waals surface area contributed by atoms with Crippen molar-refractivity contribution in [2.45, 2.75) is 6.92 Å². The SMILES string of the molecule is Cc1ccnc(-c2cc(-c3cccnc3)cc3ncsc23)c1. The van der Waals surface area contributed by atoms with E-state index in [1.165, 1.54) is 10.3 Å². The van der Waals surface area contributed by atoms with Gasteiger partial charge in [-0.3, -0.25) is 9.97 Å². The molecular weight excluding hydrogens is 290 g/mol. The predicted molar refractivity (Wildman–Crippen MR) is 90.8 cm³/mol. The molecule has 0 aliphatic rings. The summed E-state index contributed by atoms with van der Waals surface area (Å²) < 4.78 is 1.17. The summed E-state index contributed by atoms with van der Waals surface area (Å²) in [5.41, 5.74) is 8.41. The number of pyridine rings is 2. The highest BCUT2D eigenvalue weighted by Crippen LogP contribution is 2.35. The van der Waals surface area contributed by atoms with Gasteiger partial charge in [-0.15, -0.1) is 11.3 Å². The molecule has 0 spiro atoms. The van der Waals surface area contributed by atoms with Crippen LogP contribution in [0.25, 0.3) is 32.6 Å². The molecule has 1 aromatic carbocycles. The summed E-state index contributed by atoms with van der Waals surface area (Å²) in [4.78, 5) is 13.2. The molecule has 4 rings (SSSR count). The number of rotatable bonds is 2. The van der Waals surface area contributed by atoms with Gasteiger partial charge < -0.3 is 0 Å². The third-order valence-corrected chi connectivity index (χ3v) is 4.49. The lowest BCUT2D eigenvalue weighted by molar-refractivity contribution is 1.29. The number of benzene rings is 1. The van der Waals surface area contributed by atoms with Crippen LogP contribution in [0.5, 0.6) is 0 Å². The molecule has 0 saturated carbocycles. The first kappa shape index (κ1) is 13.1. The van der Waals surface area contributed by atoms with Crippen molar-refractivity contribution >= 4 is 21.6 Å². The minimum atomic E-state index is 0.986. The Labute approximate surface area is 132 Å². The maximum Gasteiger partial charge on any atom is 0.0825 e. The van der Waals surface area contributed by atoms with Crippen molar-refractivity contribution in [3.05, 3.63) is 66.1 Å². The molecule has 0 aliphatic carbocycles. The van der Waals surface area contributed by atoms with Crippen molar-refractivity contribution in [3.63, 3.8) is 0 Å². The third kappa shape index (κ3) is 2.27. The van der Waals surface area contributed by atoms with Crippen LogP contribution in [0.15, 0.2) is 60.5 Å². The van der Waals surface area contributed by atoms with Crippen LogP contribution in [0.2, 0.25) is 0 Å². The first-order valence-corrected chi connectivity index (χ1v) is 7.90. The highest BCUT2D eigenvalue weighted by Gasteiger charge is 2.11. The highest BCUT2D eigenvalue weighted by molar-refractivity contribution is 7.17. The van der Waals surface area contributed by atoms with Gasteiger partial charge >= 0.3 is 0 Å². The van der Waals surface area contributed by atoms with Crippen LogP contribution in [-0.4, -0.2) is 15.0 Å². The number of hydrogen-bond acceptors (Lipinski definition) is 4. The average Bonchev–Trinajstić information content (AvgIpc) is 3.03. The second-order valence-corrected chi connectivity index (χ2v) is 6.04. The van der Waals surface area contributed by atoms with Crippen molar-refractivity contribution in [2.24, 2.45) is 0 Å². The predicted octanol–water partition coefficient (Wildman–Crippen LogP) is 4.73. The van der Waals surface area contributed by atoms with Gasteiger partial charge in [0.15, 0.2) is 0 Å². The van der Waals surface area contributed by atoms with Crippen LogP contribution in [0.1, 0.15) is 5.56 Å². The van der Waals surface area contributed by atoms with Crippen LogP contribution in [0.4, 0.5) is 0 Å². The fourth-order valence-electron chi connectivity index (χ4n) is 2.54. The summed E-state index contributed by atoms with van der Waals surface area (Å²) in [5.74, 6) is 0. The molecule has 0 atom stereocenters. The molecule has 106 valence electrons. The van der Waals surface area contributed by atoms with E-state index in [-0.39, 0.29) is 0 Å². The van der Waals surface area contributed by atoms with Gasteiger partial charge in [0.2, 0.25) is 0 Å². The Morgan fingerprint density at radius 2 is 1.91 bits per heavy atom. The summed E-state index contributed by atoms with van der Waals surface area (Å²) in [5, 5.41) is 0. The number of fused-ring (bicyclic) bond motifs is 1. The molecule has 3 nitrogen and oxygen atoms in total. The van der Waals surface area contributed by atoms with E-state index in [9.17, 15) is 0 Å². The van der Waals surface area contributed by atoms with Crippen molar-refractivity contribution in [3.8, 4) is 22.4 Å². The minimum absolute atomic E-state index is 0.986. The van der Waals surface area contributed by atoms with Crippen molar-refractivity contribution in [1.82, 2.24) is 15.0 Å². The lowest BCUT2D eigenvalue weighted by atomic mass is 10.0. The Balaban J connectivity index is 1.99. The highest BCUT2D eigenvalue weighted by atomic mass is 32.1. The molecule has 0 amide bonds. The largest absolute Gasteiger partial charge is 0.264 e. The van der Waals surface area contributed by atoms with E-state index in [4.69, 9.17) is 0 Å². The van der Waals surface area contributed by atoms with Gasteiger partial charge in [-0.1, -0.05) is 6.07 Å². The number of aryl methyl sites for hydroxylation is 1. The smallest absolute Gasteiger partial charge is 0.0825 e. The van der Waals surface area contributed by atoms with Crippen LogP contribution in [-0.2, 0) is 0 Å². The molecular formula is C18H13N3S. The fraction of sp³-hybridized carbons (Fsp3) is 0.0556. The zero-order chi connectivity index (χ0) is 14.9. The molecule has 22 heavy (non-hydrogen) atoms. The Kier molecular flexibility index (Phi) is 3.16. The molecule has 0 saturated heterocycles. The van der Waals surface area contributed by atoms with E-state index in [1.807, 2.05) is 30.0 Å². The standard InChI is InChI=1S/C18H13N3S/c1-12-4-6-20-16(7-12)15-8-14(13-3-2-5-19-10-13)9-17-18(15)22-11-21-17/h2-11H,1H3. The minimum Gasteiger partial charge on any atom is -0.264 e. The monoisotopic (exact) mass is 303 g/mol. The number of nitrogens with zero attached hydrogens (tertiary/aromatic N) is 3. The molecule has 0 radical (unpaired) electrons. The lowest BCUT2D eigenvalue weighted by Crippen LogP contribution is -1.87. The molecule has 0 bridgehead atoms. The van der Waals surface area contributed by atoms with Gasteiger partial charge in [0.1, 0.15) is 0 Å². The summed E-state index contributed by atoms with van der Waals surface area (Å²) in [6.45, 7) is 2.08. The van der Waals surface area contributed by atoms with Gasteiger partial charge in [0.25, 0.3) is 0 Å². The van der Waals surface area contributed by atoms with Gasteiger partial charge in [0.05, 0.1) is 21.4 Å². The molecule has 0 fully saturated rings. The summed E-state index contributed by atoms with van der Waals surface area (Å²) in [6.07, 6.45) is 5.52. The van der Waals surface area contributed by atoms with E-state index >= 15 is 0 Å². The van der Waals surface area contributed by atoms with E-state index in [2.05, 4.69) is 46.1 Å². The third-order valence-electron chi connectivity index (χ3n) is 3.62. The fourth-order valence-corrected chi connectivity index (χ4v) is 3.34. The Hall–Kier alpha value is -2.59. The van der Waals surface area contributed by atoms with Crippen molar-refractivity contribution < 1.29 is 0 Å². The molecule has 4 heteroatoms. The van der Waals surface area contributed by atoms with Crippen LogP contribution < -0.4 is 0 Å². The molecule has 0 N–H and O–H groups in total. The van der Waals surface area contributed by atoms with E-state index < -0.39 is 0 Å². The number of hydrogen-bond donors (Lipinski definition) is 0. The lowest BCUT2D eigenvalue weighted by Gasteiger charge is -2.07. The zero-order valence-electron chi connectivity index (χ0n) is 12.0. The van der Waals surface area contributed by atoms with Crippen LogP contribution in [0.3, 0.4) is 0 Å². The van der Waals surface area contributed by atoms with Gasteiger partial charge in [-0.25, -0.2) is 4.98 Å². The first-order chi connectivity index (χ1) is 10.8. The molecule has 3 heterocycles. The first-order valence-electron chi connectivity index (χ1n) is 7.02. The van der Waals surface area contributed by atoms with Gasteiger partial charge in [-0.2, -0.15) is 0 Å². The maximum atomic E-state index is 4.54. The summed E-state index contributed by atoms with van der Waals surface area (Å²) in [6, 6.07) is 12.4. The second-order valence-electron chi connectivity index (χ2n) is 5.18. The topological polar surface area (TPSA) is 38.7 Å². The normalized spacial score (nSPS) is 11.0. The number of thiazole rings is 1. The van der Waals surface area contributed by atoms with Crippen LogP contribution in [0, 0.1) is 6.92 Å².